The van der Waals surface area contributed by atoms with Crippen molar-refractivity contribution >= 4 is 11.9 Å². The number of β-amino-alcohol motifs (C(OH)–C–C–N with tert-alkyl or cyclic N) is 1. The molecule has 0 spiro atoms. The minimum absolute atomic E-state index is 0.00504. The van der Waals surface area contributed by atoms with Crippen molar-refractivity contribution in [2.24, 2.45) is 0 Å². The van der Waals surface area contributed by atoms with Crippen LogP contribution in [-0.2, 0) is 9.59 Å². The number of ether oxygens (including phenoxy) is 2. The average Bonchev–Trinajstić information content (AvgIpc) is 2.87. The zero-order valence-electron chi connectivity index (χ0n) is 11.6. The monoisotopic (exact) mass is 295 g/mol. The van der Waals surface area contributed by atoms with Crippen molar-refractivity contribution in [3.05, 3.63) is 24.3 Å². The number of aliphatic carboxylic acids is 1. The van der Waals surface area contributed by atoms with Gasteiger partial charge in [-0.05, 0) is 12.1 Å². The molecular weight excluding hydrogens is 278 g/mol. The summed E-state index contributed by atoms with van der Waals surface area (Å²) in [5.41, 5.74) is 0. The van der Waals surface area contributed by atoms with Gasteiger partial charge in [-0.15, -0.1) is 0 Å². The fourth-order valence-electron chi connectivity index (χ4n) is 2.28. The van der Waals surface area contributed by atoms with Crippen molar-refractivity contribution < 1.29 is 29.3 Å². The van der Waals surface area contributed by atoms with Crippen LogP contribution in [0.4, 0.5) is 0 Å². The number of para-hydroxylation sites is 2. The molecule has 1 heterocycles. The Hall–Kier alpha value is -2.28. The Bertz CT molecular complexity index is 532. The Balaban J connectivity index is 2.00. The number of aliphatic hydroxyl groups is 1. The zero-order valence-corrected chi connectivity index (χ0v) is 11.6. The third kappa shape index (κ3) is 3.43. The van der Waals surface area contributed by atoms with Crippen molar-refractivity contribution in [2.45, 2.75) is 18.6 Å². The molecule has 2 rings (SSSR count). The molecule has 0 radical (unpaired) electrons. The normalized spacial score (nSPS) is 21.1. The van der Waals surface area contributed by atoms with Gasteiger partial charge in [0.05, 0.1) is 13.2 Å². The van der Waals surface area contributed by atoms with Gasteiger partial charge in [0.2, 0.25) is 0 Å². The smallest absolute Gasteiger partial charge is 0.326 e. The molecule has 21 heavy (non-hydrogen) atoms. The summed E-state index contributed by atoms with van der Waals surface area (Å²) in [6.45, 7) is -0.304. The average molecular weight is 295 g/mol. The molecule has 0 unspecified atom stereocenters. The first-order valence-corrected chi connectivity index (χ1v) is 6.49. The summed E-state index contributed by atoms with van der Waals surface area (Å²) >= 11 is 0. The number of carbonyl (C=O) groups excluding carboxylic acids is 1. The first kappa shape index (κ1) is 15.1. The van der Waals surface area contributed by atoms with E-state index in [2.05, 4.69) is 0 Å². The van der Waals surface area contributed by atoms with E-state index in [1.54, 1.807) is 24.3 Å². The first-order valence-electron chi connectivity index (χ1n) is 6.49. The number of aliphatic hydroxyl groups excluding tert-OH is 1. The summed E-state index contributed by atoms with van der Waals surface area (Å²) in [6.07, 6.45) is -0.781. The van der Waals surface area contributed by atoms with Crippen molar-refractivity contribution in [3.8, 4) is 11.5 Å². The Morgan fingerprint density at radius 3 is 2.62 bits per heavy atom. The van der Waals surface area contributed by atoms with E-state index in [1.807, 2.05) is 0 Å². The highest BCUT2D eigenvalue weighted by atomic mass is 16.5. The zero-order chi connectivity index (χ0) is 15.4. The van der Waals surface area contributed by atoms with E-state index in [0.717, 1.165) is 4.90 Å². The number of carboxylic acid groups (broad SMARTS) is 1. The number of nitrogens with zero attached hydrogens (tertiary/aromatic N) is 1. The van der Waals surface area contributed by atoms with Crippen LogP contribution in [-0.4, -0.2) is 59.4 Å². The van der Waals surface area contributed by atoms with Gasteiger partial charge in [-0.3, -0.25) is 4.79 Å². The summed E-state index contributed by atoms with van der Waals surface area (Å²) in [5, 5.41) is 18.6. The minimum atomic E-state index is -1.13. The predicted octanol–water partition coefficient (Wildman–Crippen LogP) is 0.120. The van der Waals surface area contributed by atoms with E-state index in [4.69, 9.17) is 14.6 Å². The van der Waals surface area contributed by atoms with Crippen LogP contribution in [0.5, 0.6) is 11.5 Å². The maximum absolute atomic E-state index is 12.1. The minimum Gasteiger partial charge on any atom is -0.493 e. The van der Waals surface area contributed by atoms with E-state index in [0.29, 0.717) is 11.5 Å². The molecule has 7 nitrogen and oxygen atoms in total. The van der Waals surface area contributed by atoms with Gasteiger partial charge in [0.1, 0.15) is 6.04 Å². The number of carbonyl (C=O) groups is 2. The largest absolute Gasteiger partial charge is 0.493 e. The number of amides is 1. The lowest BCUT2D eigenvalue weighted by Gasteiger charge is -2.21. The highest BCUT2D eigenvalue weighted by Gasteiger charge is 2.38. The number of benzene rings is 1. The quantitative estimate of drug-likeness (QED) is 0.801. The van der Waals surface area contributed by atoms with Crippen LogP contribution in [0.25, 0.3) is 0 Å². The second-order valence-electron chi connectivity index (χ2n) is 4.73. The predicted molar refractivity (Wildman–Crippen MR) is 72.2 cm³/mol. The lowest BCUT2D eigenvalue weighted by atomic mass is 10.2. The number of hydrogen-bond acceptors (Lipinski definition) is 5. The van der Waals surface area contributed by atoms with Crippen LogP contribution in [0.15, 0.2) is 24.3 Å². The van der Waals surface area contributed by atoms with Crippen molar-refractivity contribution in [1.29, 1.82) is 0 Å². The number of hydrogen-bond donors (Lipinski definition) is 2. The third-order valence-corrected chi connectivity index (χ3v) is 3.30. The number of likely N-dealkylation sites (tertiary alicyclic amines) is 1. The Morgan fingerprint density at radius 2 is 2.00 bits per heavy atom. The fraction of sp³-hybridized carbons (Fsp3) is 0.429. The molecule has 0 aromatic heterocycles. The van der Waals surface area contributed by atoms with Crippen LogP contribution < -0.4 is 9.47 Å². The van der Waals surface area contributed by atoms with E-state index in [1.165, 1.54) is 7.11 Å². The van der Waals surface area contributed by atoms with Crippen molar-refractivity contribution in [1.82, 2.24) is 4.90 Å². The van der Waals surface area contributed by atoms with Crippen LogP contribution in [0.3, 0.4) is 0 Å². The van der Waals surface area contributed by atoms with Crippen molar-refractivity contribution in [3.63, 3.8) is 0 Å². The lowest BCUT2D eigenvalue weighted by Crippen LogP contribution is -2.42. The second-order valence-corrected chi connectivity index (χ2v) is 4.73. The van der Waals surface area contributed by atoms with E-state index >= 15 is 0 Å². The van der Waals surface area contributed by atoms with Crippen molar-refractivity contribution in [2.75, 3.05) is 20.3 Å². The maximum atomic E-state index is 12.1. The molecule has 2 atom stereocenters. The molecule has 1 fully saturated rings. The topological polar surface area (TPSA) is 96.3 Å². The molecule has 1 aliphatic heterocycles. The standard InChI is InChI=1S/C14H17NO6/c1-20-11-4-2-3-5-12(11)21-8-13(17)15-7-9(16)6-10(15)14(18)19/h2-5,9-10,16H,6-8H2,1H3,(H,18,19)/t9-,10-/m0/s1. The Labute approximate surface area is 121 Å². The van der Waals surface area contributed by atoms with Gasteiger partial charge in [0, 0.05) is 13.0 Å². The van der Waals surface area contributed by atoms with Gasteiger partial charge >= 0.3 is 5.97 Å². The van der Waals surface area contributed by atoms with Gasteiger partial charge < -0.3 is 24.6 Å². The van der Waals surface area contributed by atoms with Crippen LogP contribution >= 0.6 is 0 Å². The molecule has 114 valence electrons. The SMILES string of the molecule is COc1ccccc1OCC(=O)N1C[C@@H](O)C[C@H]1C(=O)O. The third-order valence-electron chi connectivity index (χ3n) is 3.30. The summed E-state index contributed by atoms with van der Waals surface area (Å²) < 4.78 is 10.5. The van der Waals surface area contributed by atoms with Gasteiger partial charge in [-0.25, -0.2) is 4.79 Å². The maximum Gasteiger partial charge on any atom is 0.326 e. The molecule has 2 N–H and O–H groups in total. The highest BCUT2D eigenvalue weighted by Crippen LogP contribution is 2.26. The molecule has 0 saturated carbocycles. The fourth-order valence-corrected chi connectivity index (χ4v) is 2.28. The summed E-state index contributed by atoms with van der Waals surface area (Å²) in [5.74, 6) is -0.719. The molecule has 0 aliphatic carbocycles. The van der Waals surface area contributed by atoms with Crippen LogP contribution in [0.1, 0.15) is 6.42 Å². The molecule has 1 aromatic carbocycles. The molecule has 1 saturated heterocycles. The molecule has 1 amide bonds. The molecular formula is C14H17NO6. The summed E-state index contributed by atoms with van der Waals surface area (Å²) in [7, 11) is 1.49. The summed E-state index contributed by atoms with van der Waals surface area (Å²) in [4.78, 5) is 24.3. The van der Waals surface area contributed by atoms with Crippen LogP contribution in [0.2, 0.25) is 0 Å². The van der Waals surface area contributed by atoms with E-state index < -0.39 is 24.0 Å². The van der Waals surface area contributed by atoms with Crippen LogP contribution in [0, 0.1) is 0 Å². The Kier molecular flexibility index (Phi) is 4.64. The van der Waals surface area contributed by atoms with Gasteiger partial charge in [0.15, 0.2) is 18.1 Å². The molecule has 1 aromatic rings. The molecule has 0 bridgehead atoms. The van der Waals surface area contributed by atoms with E-state index in [-0.39, 0.29) is 19.6 Å². The number of methoxy groups -OCH3 is 1. The molecule has 7 heteroatoms. The Morgan fingerprint density at radius 1 is 1.33 bits per heavy atom. The second kappa shape index (κ2) is 6.45. The summed E-state index contributed by atoms with van der Waals surface area (Å²) in [6, 6.07) is 5.85. The number of carboxylic acids is 1. The van der Waals surface area contributed by atoms with Gasteiger partial charge in [-0.1, -0.05) is 12.1 Å². The number of rotatable bonds is 5. The van der Waals surface area contributed by atoms with E-state index in [9.17, 15) is 14.7 Å². The van der Waals surface area contributed by atoms with Gasteiger partial charge in [-0.2, -0.15) is 0 Å². The lowest BCUT2D eigenvalue weighted by molar-refractivity contribution is -0.149. The highest BCUT2D eigenvalue weighted by molar-refractivity contribution is 5.85. The molecule has 1 aliphatic rings. The first-order chi connectivity index (χ1) is 10.0. The van der Waals surface area contributed by atoms with Gasteiger partial charge in [0.25, 0.3) is 5.91 Å².